The number of nitrogens with zero attached hydrogens (tertiary/aromatic N) is 3. The standard InChI is InChI=1S/C14H21N5O3S/c1-8(2)12(21)17-14-16-11-10(13(22)18-14)15-7-19(11)5-4-9(6-20)23-3/h7-9,20H,4-6H2,1-3H3,(H2,16,17,18,21,22). The largest absolute Gasteiger partial charge is 0.395 e. The number of rotatable bonds is 7. The summed E-state index contributed by atoms with van der Waals surface area (Å²) >= 11 is 1.59. The number of thioether (sulfide) groups is 1. The number of fused-ring (bicyclic) bond motifs is 1. The van der Waals surface area contributed by atoms with E-state index in [2.05, 4.69) is 20.3 Å². The van der Waals surface area contributed by atoms with Gasteiger partial charge in [-0.2, -0.15) is 16.7 Å². The van der Waals surface area contributed by atoms with Crippen molar-refractivity contribution in [2.75, 3.05) is 18.2 Å². The third-order valence-electron chi connectivity index (χ3n) is 3.47. The number of imidazole rings is 1. The number of H-pyrrole nitrogens is 1. The van der Waals surface area contributed by atoms with Crippen molar-refractivity contribution in [3.63, 3.8) is 0 Å². The summed E-state index contributed by atoms with van der Waals surface area (Å²) in [6.07, 6.45) is 4.22. The van der Waals surface area contributed by atoms with Crippen LogP contribution in [0.4, 0.5) is 5.95 Å². The lowest BCUT2D eigenvalue weighted by atomic mass is 10.2. The number of aromatic amines is 1. The Kier molecular flexibility index (Phi) is 5.78. The number of aryl methyl sites for hydroxylation is 1. The Morgan fingerprint density at radius 2 is 2.26 bits per heavy atom. The molecule has 0 saturated heterocycles. The van der Waals surface area contributed by atoms with Gasteiger partial charge in [-0.1, -0.05) is 13.8 Å². The predicted molar refractivity (Wildman–Crippen MR) is 90.6 cm³/mol. The van der Waals surface area contributed by atoms with Crippen molar-refractivity contribution in [1.82, 2.24) is 19.5 Å². The van der Waals surface area contributed by atoms with E-state index in [-0.39, 0.29) is 35.1 Å². The molecule has 2 rings (SSSR count). The molecule has 3 N–H and O–H groups in total. The monoisotopic (exact) mass is 339 g/mol. The van der Waals surface area contributed by atoms with Gasteiger partial charge >= 0.3 is 0 Å². The Labute approximate surface area is 137 Å². The Morgan fingerprint density at radius 3 is 2.87 bits per heavy atom. The van der Waals surface area contributed by atoms with Crippen molar-refractivity contribution in [2.45, 2.75) is 32.1 Å². The van der Waals surface area contributed by atoms with Gasteiger partial charge < -0.3 is 9.67 Å². The van der Waals surface area contributed by atoms with Crippen molar-refractivity contribution in [2.24, 2.45) is 5.92 Å². The fraction of sp³-hybridized carbons (Fsp3) is 0.571. The molecule has 0 fully saturated rings. The van der Waals surface area contributed by atoms with Crippen LogP contribution in [0.2, 0.25) is 0 Å². The summed E-state index contributed by atoms with van der Waals surface area (Å²) in [7, 11) is 0. The summed E-state index contributed by atoms with van der Waals surface area (Å²) in [6.45, 7) is 4.19. The quantitative estimate of drug-likeness (QED) is 0.688. The zero-order valence-electron chi connectivity index (χ0n) is 13.4. The second kappa shape index (κ2) is 7.60. The fourth-order valence-electron chi connectivity index (χ4n) is 2.00. The third-order valence-corrected chi connectivity index (χ3v) is 4.52. The summed E-state index contributed by atoms with van der Waals surface area (Å²) in [4.78, 5) is 34.7. The molecular formula is C14H21N5O3S. The van der Waals surface area contributed by atoms with E-state index in [0.717, 1.165) is 6.42 Å². The number of carbonyl (C=O) groups excluding carboxylic acids is 1. The first-order valence-electron chi connectivity index (χ1n) is 7.36. The van der Waals surface area contributed by atoms with Crippen LogP contribution in [0.5, 0.6) is 0 Å². The van der Waals surface area contributed by atoms with E-state index in [1.807, 2.05) is 6.26 Å². The maximum Gasteiger partial charge on any atom is 0.280 e. The van der Waals surface area contributed by atoms with E-state index in [0.29, 0.717) is 12.2 Å². The summed E-state index contributed by atoms with van der Waals surface area (Å²) < 4.78 is 1.76. The molecule has 9 heteroatoms. The number of nitrogens with one attached hydrogen (secondary N) is 2. The highest BCUT2D eigenvalue weighted by Crippen LogP contribution is 2.14. The highest BCUT2D eigenvalue weighted by Gasteiger charge is 2.14. The van der Waals surface area contributed by atoms with Crippen LogP contribution in [0, 0.1) is 5.92 Å². The number of hydrogen-bond donors (Lipinski definition) is 3. The Morgan fingerprint density at radius 1 is 1.52 bits per heavy atom. The Bertz CT molecular complexity index is 736. The molecule has 1 unspecified atom stereocenters. The molecule has 1 atom stereocenters. The van der Waals surface area contributed by atoms with Crippen molar-refractivity contribution in [1.29, 1.82) is 0 Å². The van der Waals surface area contributed by atoms with Crippen LogP contribution in [-0.4, -0.2) is 48.6 Å². The normalized spacial score (nSPS) is 12.7. The average molecular weight is 339 g/mol. The number of aliphatic hydroxyl groups excluding tert-OH is 1. The molecule has 2 aromatic rings. The van der Waals surface area contributed by atoms with Gasteiger partial charge in [-0.05, 0) is 12.7 Å². The summed E-state index contributed by atoms with van der Waals surface area (Å²) in [5.41, 5.74) is 0.263. The van der Waals surface area contributed by atoms with Gasteiger partial charge in [-0.25, -0.2) is 4.98 Å². The van der Waals surface area contributed by atoms with E-state index in [1.165, 1.54) is 0 Å². The van der Waals surface area contributed by atoms with Gasteiger partial charge in [0.1, 0.15) is 0 Å². The highest BCUT2D eigenvalue weighted by molar-refractivity contribution is 7.99. The molecule has 0 aliphatic heterocycles. The van der Waals surface area contributed by atoms with Crippen LogP contribution in [-0.2, 0) is 11.3 Å². The van der Waals surface area contributed by atoms with Gasteiger partial charge in [0.15, 0.2) is 11.2 Å². The van der Waals surface area contributed by atoms with Gasteiger partial charge in [0.2, 0.25) is 11.9 Å². The molecule has 0 radical (unpaired) electrons. The van der Waals surface area contributed by atoms with E-state index < -0.39 is 5.56 Å². The zero-order valence-corrected chi connectivity index (χ0v) is 14.2. The molecular weight excluding hydrogens is 318 g/mol. The molecule has 2 heterocycles. The first-order chi connectivity index (χ1) is 11.0. The average Bonchev–Trinajstić information content (AvgIpc) is 2.92. The number of carbonyl (C=O) groups is 1. The van der Waals surface area contributed by atoms with Crippen molar-refractivity contribution < 1.29 is 9.90 Å². The number of anilines is 1. The van der Waals surface area contributed by atoms with Crippen molar-refractivity contribution >= 4 is 34.8 Å². The molecule has 23 heavy (non-hydrogen) atoms. The van der Waals surface area contributed by atoms with Gasteiger partial charge in [0, 0.05) is 17.7 Å². The minimum atomic E-state index is -0.392. The molecule has 0 aliphatic carbocycles. The summed E-state index contributed by atoms with van der Waals surface area (Å²) in [5.74, 6) is -0.319. The minimum absolute atomic E-state index is 0.0947. The highest BCUT2D eigenvalue weighted by atomic mass is 32.2. The lowest BCUT2D eigenvalue weighted by Gasteiger charge is -2.11. The number of amides is 1. The summed E-state index contributed by atoms with van der Waals surface area (Å²) in [5, 5.41) is 12.0. The zero-order chi connectivity index (χ0) is 17.0. The molecule has 126 valence electrons. The topological polar surface area (TPSA) is 113 Å². The Balaban J connectivity index is 2.28. The van der Waals surface area contributed by atoms with Crippen LogP contribution >= 0.6 is 11.8 Å². The van der Waals surface area contributed by atoms with Crippen LogP contribution in [0.25, 0.3) is 11.2 Å². The van der Waals surface area contributed by atoms with Crippen LogP contribution in [0.1, 0.15) is 20.3 Å². The molecule has 0 spiro atoms. The van der Waals surface area contributed by atoms with E-state index in [4.69, 9.17) is 0 Å². The SMILES string of the molecule is CSC(CO)CCn1cnc2c(=O)[nH]c(NC(=O)C(C)C)nc21. The van der Waals surface area contributed by atoms with Crippen LogP contribution < -0.4 is 10.9 Å². The fourth-order valence-corrected chi connectivity index (χ4v) is 2.49. The third kappa shape index (κ3) is 4.11. The van der Waals surface area contributed by atoms with E-state index in [1.54, 1.807) is 36.5 Å². The molecule has 8 nitrogen and oxygen atoms in total. The number of hydrogen-bond acceptors (Lipinski definition) is 6. The molecule has 2 aromatic heterocycles. The Hall–Kier alpha value is -1.87. The molecule has 1 amide bonds. The second-order valence-electron chi connectivity index (χ2n) is 5.50. The molecule has 0 saturated carbocycles. The van der Waals surface area contributed by atoms with E-state index in [9.17, 15) is 14.7 Å². The van der Waals surface area contributed by atoms with Crippen molar-refractivity contribution in [3.05, 3.63) is 16.7 Å². The lowest BCUT2D eigenvalue weighted by molar-refractivity contribution is -0.118. The van der Waals surface area contributed by atoms with Gasteiger partial charge in [-0.15, -0.1) is 0 Å². The van der Waals surface area contributed by atoms with Gasteiger partial charge in [0.05, 0.1) is 12.9 Å². The summed E-state index contributed by atoms with van der Waals surface area (Å²) in [6, 6.07) is 0. The molecule has 0 aromatic carbocycles. The first-order valence-corrected chi connectivity index (χ1v) is 8.64. The first kappa shape index (κ1) is 17.5. The maximum absolute atomic E-state index is 12.0. The van der Waals surface area contributed by atoms with Gasteiger partial charge in [-0.3, -0.25) is 19.9 Å². The second-order valence-corrected chi connectivity index (χ2v) is 6.64. The predicted octanol–water partition coefficient (Wildman–Crippen LogP) is 0.828. The van der Waals surface area contributed by atoms with Crippen LogP contribution in [0.3, 0.4) is 0 Å². The number of aromatic nitrogens is 4. The van der Waals surface area contributed by atoms with Crippen molar-refractivity contribution in [3.8, 4) is 0 Å². The number of aliphatic hydroxyl groups is 1. The lowest BCUT2D eigenvalue weighted by Crippen LogP contribution is -2.22. The van der Waals surface area contributed by atoms with E-state index >= 15 is 0 Å². The van der Waals surface area contributed by atoms with Gasteiger partial charge in [0.25, 0.3) is 5.56 Å². The smallest absolute Gasteiger partial charge is 0.280 e. The van der Waals surface area contributed by atoms with Crippen LogP contribution in [0.15, 0.2) is 11.1 Å². The maximum atomic E-state index is 12.0. The molecule has 0 aliphatic rings. The molecule has 0 bridgehead atoms. The minimum Gasteiger partial charge on any atom is -0.395 e.